The Morgan fingerprint density at radius 3 is 2.31 bits per heavy atom. The summed E-state index contributed by atoms with van der Waals surface area (Å²) in [6.45, 7) is -0.649. The number of aliphatic hydroxyl groups excluding tert-OH is 1. The maximum absolute atomic E-state index is 12.4. The topological polar surface area (TPSA) is 131 Å². The summed E-state index contributed by atoms with van der Waals surface area (Å²) >= 11 is 2.14. The number of alkyl carbamates (subject to hydrolysis) is 1. The highest BCUT2D eigenvalue weighted by atomic mass is 127. The van der Waals surface area contributed by atoms with Gasteiger partial charge in [0.05, 0.1) is 6.61 Å². The molecule has 154 valence electrons. The molecule has 0 saturated carbocycles. The molecular formula is C20H22IN3O5. The standard InChI is InChI=1S/C20H22IN3O5/c21-15-8-4-7-14(9-15)10-16(18(22)26)23-19(27)17(11-25)24-20(28)29-12-13-5-2-1-3-6-13/h1-9,16-17,25H,10-12H2,(H2,22,26)(H,23,27)(H,24,28)/t16-,17+/m1/s1. The number of nitrogens with two attached hydrogens (primary N) is 1. The van der Waals surface area contributed by atoms with Gasteiger partial charge in [-0.05, 0) is 45.9 Å². The van der Waals surface area contributed by atoms with Gasteiger partial charge in [0.15, 0.2) is 0 Å². The number of hydrogen-bond acceptors (Lipinski definition) is 5. The van der Waals surface area contributed by atoms with Crippen molar-refractivity contribution < 1.29 is 24.2 Å². The Kier molecular flexibility index (Phi) is 8.87. The van der Waals surface area contributed by atoms with Crippen LogP contribution in [0.4, 0.5) is 4.79 Å². The van der Waals surface area contributed by atoms with Gasteiger partial charge in [-0.2, -0.15) is 0 Å². The largest absolute Gasteiger partial charge is 0.445 e. The fourth-order valence-electron chi connectivity index (χ4n) is 2.50. The van der Waals surface area contributed by atoms with E-state index in [0.29, 0.717) is 0 Å². The van der Waals surface area contributed by atoms with Gasteiger partial charge in [-0.25, -0.2) is 4.79 Å². The average Bonchev–Trinajstić information content (AvgIpc) is 2.70. The number of aliphatic hydroxyl groups is 1. The Morgan fingerprint density at radius 1 is 1.00 bits per heavy atom. The van der Waals surface area contributed by atoms with E-state index in [1.807, 2.05) is 30.3 Å². The van der Waals surface area contributed by atoms with Crippen LogP contribution in [0.5, 0.6) is 0 Å². The predicted octanol–water partition coefficient (Wildman–Crippen LogP) is 1.09. The Labute approximate surface area is 182 Å². The van der Waals surface area contributed by atoms with Crippen LogP contribution >= 0.6 is 22.6 Å². The van der Waals surface area contributed by atoms with Gasteiger partial charge < -0.3 is 26.2 Å². The summed E-state index contributed by atoms with van der Waals surface area (Å²) in [5.74, 6) is -1.46. The first kappa shape index (κ1) is 22.6. The van der Waals surface area contributed by atoms with Crippen LogP contribution in [0.25, 0.3) is 0 Å². The second-order valence-corrected chi connectivity index (χ2v) is 7.48. The molecule has 0 unspecified atom stereocenters. The number of carbonyl (C=O) groups excluding carboxylic acids is 3. The van der Waals surface area contributed by atoms with Gasteiger partial charge >= 0.3 is 6.09 Å². The number of ether oxygens (including phenoxy) is 1. The molecule has 8 nitrogen and oxygen atoms in total. The molecule has 0 aromatic heterocycles. The van der Waals surface area contributed by atoms with E-state index in [0.717, 1.165) is 14.7 Å². The lowest BCUT2D eigenvalue weighted by Gasteiger charge is -2.20. The molecule has 0 aliphatic rings. The summed E-state index contributed by atoms with van der Waals surface area (Å²) in [6.07, 6.45) is -0.676. The molecule has 2 rings (SSSR count). The zero-order chi connectivity index (χ0) is 21.2. The zero-order valence-electron chi connectivity index (χ0n) is 15.5. The Balaban J connectivity index is 1.92. The number of halogens is 1. The molecule has 0 bridgehead atoms. The van der Waals surface area contributed by atoms with Crippen molar-refractivity contribution in [3.05, 3.63) is 69.3 Å². The molecule has 5 N–H and O–H groups in total. The van der Waals surface area contributed by atoms with E-state index in [1.165, 1.54) is 0 Å². The van der Waals surface area contributed by atoms with E-state index in [-0.39, 0.29) is 13.0 Å². The lowest BCUT2D eigenvalue weighted by molar-refractivity contribution is -0.129. The number of hydrogen-bond donors (Lipinski definition) is 4. The number of primary amides is 1. The Hall–Kier alpha value is -2.66. The highest BCUT2D eigenvalue weighted by Crippen LogP contribution is 2.10. The third-order valence-corrected chi connectivity index (χ3v) is 4.66. The van der Waals surface area contributed by atoms with Crippen molar-refractivity contribution in [2.24, 2.45) is 5.73 Å². The van der Waals surface area contributed by atoms with Gasteiger partial charge in [0, 0.05) is 9.99 Å². The lowest BCUT2D eigenvalue weighted by atomic mass is 10.1. The van der Waals surface area contributed by atoms with E-state index in [9.17, 15) is 19.5 Å². The fraction of sp³-hybridized carbons (Fsp3) is 0.250. The Morgan fingerprint density at radius 2 is 1.69 bits per heavy atom. The average molecular weight is 511 g/mol. The number of amides is 3. The molecular weight excluding hydrogens is 489 g/mol. The second-order valence-electron chi connectivity index (χ2n) is 6.24. The van der Waals surface area contributed by atoms with Crippen LogP contribution < -0.4 is 16.4 Å². The van der Waals surface area contributed by atoms with Gasteiger partial charge in [0.1, 0.15) is 18.7 Å². The number of nitrogens with one attached hydrogen (secondary N) is 2. The van der Waals surface area contributed by atoms with Crippen molar-refractivity contribution in [2.45, 2.75) is 25.1 Å². The molecule has 9 heteroatoms. The van der Waals surface area contributed by atoms with Crippen LogP contribution in [0.2, 0.25) is 0 Å². The molecule has 0 radical (unpaired) electrons. The van der Waals surface area contributed by atoms with Crippen LogP contribution in [0.15, 0.2) is 54.6 Å². The minimum Gasteiger partial charge on any atom is -0.445 e. The van der Waals surface area contributed by atoms with E-state index in [1.54, 1.807) is 24.3 Å². The van der Waals surface area contributed by atoms with Crippen molar-refractivity contribution in [2.75, 3.05) is 6.61 Å². The lowest BCUT2D eigenvalue weighted by Crippen LogP contribution is -2.54. The summed E-state index contributed by atoms with van der Waals surface area (Å²) in [4.78, 5) is 36.1. The summed E-state index contributed by atoms with van der Waals surface area (Å²) in [7, 11) is 0. The van der Waals surface area contributed by atoms with E-state index in [4.69, 9.17) is 10.5 Å². The summed E-state index contributed by atoms with van der Waals surface area (Å²) < 4.78 is 6.02. The summed E-state index contributed by atoms with van der Waals surface area (Å²) in [5, 5.41) is 14.2. The van der Waals surface area contributed by atoms with Crippen LogP contribution in [0.3, 0.4) is 0 Å². The molecule has 2 aromatic carbocycles. The fourth-order valence-corrected chi connectivity index (χ4v) is 3.10. The van der Waals surface area contributed by atoms with Crippen molar-refractivity contribution in [1.29, 1.82) is 0 Å². The SMILES string of the molecule is NC(=O)[C@@H](Cc1cccc(I)c1)NC(=O)[C@H](CO)NC(=O)OCc1ccccc1. The van der Waals surface area contributed by atoms with Crippen molar-refractivity contribution >= 4 is 40.5 Å². The van der Waals surface area contributed by atoms with Gasteiger partial charge in [-0.3, -0.25) is 9.59 Å². The van der Waals surface area contributed by atoms with Gasteiger partial charge in [0.25, 0.3) is 0 Å². The van der Waals surface area contributed by atoms with Crippen LogP contribution in [-0.2, 0) is 27.4 Å². The van der Waals surface area contributed by atoms with Gasteiger partial charge in [0.2, 0.25) is 11.8 Å². The van der Waals surface area contributed by atoms with Crippen LogP contribution in [0.1, 0.15) is 11.1 Å². The maximum atomic E-state index is 12.4. The molecule has 3 amide bonds. The van der Waals surface area contributed by atoms with E-state index < -0.39 is 36.6 Å². The van der Waals surface area contributed by atoms with Crippen molar-refractivity contribution in [1.82, 2.24) is 10.6 Å². The normalized spacial score (nSPS) is 12.5. The van der Waals surface area contributed by atoms with Gasteiger partial charge in [-0.15, -0.1) is 0 Å². The van der Waals surface area contributed by atoms with E-state index in [2.05, 4.69) is 33.2 Å². The van der Waals surface area contributed by atoms with Gasteiger partial charge in [-0.1, -0.05) is 42.5 Å². The number of benzene rings is 2. The third kappa shape index (κ3) is 7.70. The molecule has 2 atom stereocenters. The molecule has 2 aromatic rings. The summed E-state index contributed by atoms with van der Waals surface area (Å²) in [6, 6.07) is 14.1. The maximum Gasteiger partial charge on any atom is 0.408 e. The minimum atomic E-state index is -1.28. The van der Waals surface area contributed by atoms with E-state index >= 15 is 0 Å². The first-order valence-corrected chi connectivity index (χ1v) is 9.89. The highest BCUT2D eigenvalue weighted by molar-refractivity contribution is 14.1. The quantitative estimate of drug-likeness (QED) is 0.375. The zero-order valence-corrected chi connectivity index (χ0v) is 17.7. The summed E-state index contributed by atoms with van der Waals surface area (Å²) in [5.41, 5.74) is 6.99. The smallest absolute Gasteiger partial charge is 0.408 e. The number of rotatable bonds is 9. The third-order valence-electron chi connectivity index (χ3n) is 3.99. The first-order chi connectivity index (χ1) is 13.9. The van der Waals surface area contributed by atoms with Crippen LogP contribution in [-0.4, -0.2) is 41.7 Å². The molecule has 0 fully saturated rings. The minimum absolute atomic E-state index is 0.0169. The molecule has 0 spiro atoms. The number of carbonyl (C=O) groups is 3. The highest BCUT2D eigenvalue weighted by Gasteiger charge is 2.26. The monoisotopic (exact) mass is 511 g/mol. The predicted molar refractivity (Wildman–Crippen MR) is 115 cm³/mol. The Bertz CT molecular complexity index is 847. The molecule has 0 saturated heterocycles. The molecule has 0 heterocycles. The molecule has 0 aliphatic carbocycles. The van der Waals surface area contributed by atoms with Crippen LogP contribution in [0, 0.1) is 3.57 Å². The first-order valence-electron chi connectivity index (χ1n) is 8.81. The molecule has 29 heavy (non-hydrogen) atoms. The molecule has 0 aliphatic heterocycles. The van der Waals surface area contributed by atoms with Crippen molar-refractivity contribution in [3.63, 3.8) is 0 Å². The van der Waals surface area contributed by atoms with Crippen molar-refractivity contribution in [3.8, 4) is 0 Å². The second kappa shape index (κ2) is 11.4.